The predicted octanol–water partition coefficient (Wildman–Crippen LogP) is 3.43. The first-order valence-corrected chi connectivity index (χ1v) is 8.33. The molecule has 0 radical (unpaired) electrons. The summed E-state index contributed by atoms with van der Waals surface area (Å²) in [7, 11) is 0. The van der Waals surface area contributed by atoms with Crippen LogP contribution in [0.1, 0.15) is 43.2 Å². The van der Waals surface area contributed by atoms with E-state index in [-0.39, 0.29) is 5.79 Å². The summed E-state index contributed by atoms with van der Waals surface area (Å²) in [6.07, 6.45) is 8.15. The van der Waals surface area contributed by atoms with Crippen molar-refractivity contribution in [3.05, 3.63) is 29.3 Å². The van der Waals surface area contributed by atoms with E-state index in [0.29, 0.717) is 5.75 Å². The highest BCUT2D eigenvalue weighted by molar-refractivity contribution is 5.36. The number of hydrogen-bond donors (Lipinski definition) is 1. The summed E-state index contributed by atoms with van der Waals surface area (Å²) in [5, 5.41) is 9.59. The number of benzene rings is 1. The molecule has 114 valence electrons. The molecule has 1 saturated carbocycles. The van der Waals surface area contributed by atoms with E-state index in [1.807, 2.05) is 12.1 Å². The first kappa shape index (κ1) is 13.6. The minimum atomic E-state index is -0.227. The Morgan fingerprint density at radius 2 is 1.71 bits per heavy atom. The normalized spacial score (nSPS) is 28.7. The predicted molar refractivity (Wildman–Crippen MR) is 80.2 cm³/mol. The summed E-state index contributed by atoms with van der Waals surface area (Å²) >= 11 is 0. The zero-order chi connectivity index (χ0) is 14.3. The van der Waals surface area contributed by atoms with E-state index in [0.717, 1.165) is 44.3 Å². The van der Waals surface area contributed by atoms with Crippen LogP contribution in [-0.4, -0.2) is 24.1 Å². The second-order valence-electron chi connectivity index (χ2n) is 6.90. The Bertz CT molecular complexity index is 509. The fraction of sp³-hybridized carbons (Fsp3) is 0.667. The van der Waals surface area contributed by atoms with Crippen molar-refractivity contribution in [2.45, 2.75) is 50.7 Å². The quantitative estimate of drug-likeness (QED) is 0.860. The average molecular weight is 288 g/mol. The van der Waals surface area contributed by atoms with Crippen LogP contribution in [0.5, 0.6) is 5.75 Å². The van der Waals surface area contributed by atoms with Gasteiger partial charge in [0.05, 0.1) is 13.2 Å². The summed E-state index contributed by atoms with van der Waals surface area (Å²) in [4.78, 5) is 0. The van der Waals surface area contributed by atoms with Gasteiger partial charge in [0.2, 0.25) is 0 Å². The van der Waals surface area contributed by atoms with Crippen molar-refractivity contribution >= 4 is 0 Å². The molecule has 2 aliphatic carbocycles. The molecule has 1 unspecified atom stereocenters. The zero-order valence-electron chi connectivity index (χ0n) is 12.5. The second-order valence-corrected chi connectivity index (χ2v) is 6.90. The molecule has 4 rings (SSSR count). The van der Waals surface area contributed by atoms with E-state index in [9.17, 15) is 5.11 Å². The maximum atomic E-state index is 9.59. The SMILES string of the molecule is Oc1ccc2c(c1)CCC(C1CCC3(CC1)OCCO3)C2. The highest BCUT2D eigenvalue weighted by Crippen LogP contribution is 2.44. The van der Waals surface area contributed by atoms with Crippen LogP contribution in [0.25, 0.3) is 0 Å². The summed E-state index contributed by atoms with van der Waals surface area (Å²) in [5.41, 5.74) is 2.79. The molecule has 21 heavy (non-hydrogen) atoms. The van der Waals surface area contributed by atoms with Gasteiger partial charge in [0.1, 0.15) is 5.75 Å². The Morgan fingerprint density at radius 1 is 0.952 bits per heavy atom. The number of hydrogen-bond acceptors (Lipinski definition) is 3. The lowest BCUT2D eigenvalue weighted by molar-refractivity contribution is -0.185. The van der Waals surface area contributed by atoms with E-state index in [4.69, 9.17) is 9.47 Å². The monoisotopic (exact) mass is 288 g/mol. The molecule has 1 aliphatic heterocycles. The fourth-order valence-corrected chi connectivity index (χ4v) is 4.51. The molecule has 1 aromatic rings. The standard InChI is InChI=1S/C18H24O3/c19-17-4-3-15-11-14(1-2-16(15)12-17)13-5-7-18(8-6-13)20-9-10-21-18/h3-4,12-14,19H,1-2,5-11H2. The smallest absolute Gasteiger partial charge is 0.168 e. The van der Waals surface area contributed by atoms with E-state index in [2.05, 4.69) is 6.07 Å². The van der Waals surface area contributed by atoms with Gasteiger partial charge in [-0.25, -0.2) is 0 Å². The molecule has 1 saturated heterocycles. The molecule has 1 spiro atoms. The largest absolute Gasteiger partial charge is 0.508 e. The number of phenolic OH excluding ortho intramolecular Hbond substituents is 1. The lowest BCUT2D eigenvalue weighted by Crippen LogP contribution is -2.37. The molecular formula is C18H24O3. The van der Waals surface area contributed by atoms with Crippen molar-refractivity contribution in [1.29, 1.82) is 0 Å². The van der Waals surface area contributed by atoms with Crippen LogP contribution in [0.15, 0.2) is 18.2 Å². The van der Waals surface area contributed by atoms with Crippen molar-refractivity contribution in [1.82, 2.24) is 0 Å². The maximum absolute atomic E-state index is 9.59. The molecule has 1 aromatic carbocycles. The summed E-state index contributed by atoms with van der Waals surface area (Å²) in [6.45, 7) is 1.54. The van der Waals surface area contributed by atoms with Crippen LogP contribution in [0.2, 0.25) is 0 Å². The number of fused-ring (bicyclic) bond motifs is 1. The van der Waals surface area contributed by atoms with Crippen LogP contribution in [0.3, 0.4) is 0 Å². The van der Waals surface area contributed by atoms with Crippen LogP contribution in [0, 0.1) is 11.8 Å². The van der Waals surface area contributed by atoms with Gasteiger partial charge in [0.25, 0.3) is 0 Å². The van der Waals surface area contributed by atoms with Crippen molar-refractivity contribution in [2.75, 3.05) is 13.2 Å². The van der Waals surface area contributed by atoms with E-state index < -0.39 is 0 Å². The third kappa shape index (κ3) is 2.58. The van der Waals surface area contributed by atoms with Gasteiger partial charge in [0.15, 0.2) is 5.79 Å². The van der Waals surface area contributed by atoms with Crippen molar-refractivity contribution in [3.63, 3.8) is 0 Å². The summed E-state index contributed by atoms with van der Waals surface area (Å²) in [5.74, 6) is 1.78. The van der Waals surface area contributed by atoms with E-state index >= 15 is 0 Å². The second kappa shape index (κ2) is 5.29. The molecule has 3 heteroatoms. The van der Waals surface area contributed by atoms with E-state index in [1.165, 1.54) is 36.8 Å². The van der Waals surface area contributed by atoms with Gasteiger partial charge in [-0.15, -0.1) is 0 Å². The summed E-state index contributed by atoms with van der Waals surface area (Å²) < 4.78 is 11.7. The molecule has 0 amide bonds. The fourth-order valence-electron chi connectivity index (χ4n) is 4.51. The molecule has 1 heterocycles. The third-order valence-corrected chi connectivity index (χ3v) is 5.73. The van der Waals surface area contributed by atoms with Crippen LogP contribution >= 0.6 is 0 Å². The number of ether oxygens (including phenoxy) is 2. The number of aryl methyl sites for hydroxylation is 1. The van der Waals surface area contributed by atoms with Crippen molar-refractivity contribution in [2.24, 2.45) is 11.8 Å². The average Bonchev–Trinajstić information content (AvgIpc) is 2.96. The molecule has 3 nitrogen and oxygen atoms in total. The maximum Gasteiger partial charge on any atom is 0.168 e. The van der Waals surface area contributed by atoms with Gasteiger partial charge in [-0.1, -0.05) is 6.07 Å². The Morgan fingerprint density at radius 3 is 2.48 bits per heavy atom. The molecule has 1 N–H and O–H groups in total. The van der Waals surface area contributed by atoms with Gasteiger partial charge >= 0.3 is 0 Å². The molecular weight excluding hydrogens is 264 g/mol. The lowest BCUT2D eigenvalue weighted by atomic mass is 9.70. The number of aromatic hydroxyl groups is 1. The van der Waals surface area contributed by atoms with Crippen LogP contribution < -0.4 is 0 Å². The first-order valence-electron chi connectivity index (χ1n) is 8.33. The van der Waals surface area contributed by atoms with Crippen LogP contribution in [0.4, 0.5) is 0 Å². The Balaban J connectivity index is 1.41. The zero-order valence-corrected chi connectivity index (χ0v) is 12.5. The Labute approximate surface area is 126 Å². The van der Waals surface area contributed by atoms with Gasteiger partial charge in [-0.3, -0.25) is 0 Å². The van der Waals surface area contributed by atoms with Crippen molar-refractivity contribution < 1.29 is 14.6 Å². The Kier molecular flexibility index (Phi) is 3.43. The molecule has 0 aromatic heterocycles. The first-order chi connectivity index (χ1) is 10.2. The molecule has 2 fully saturated rings. The number of phenols is 1. The highest BCUT2D eigenvalue weighted by atomic mass is 16.7. The molecule has 3 aliphatic rings. The third-order valence-electron chi connectivity index (χ3n) is 5.73. The lowest BCUT2D eigenvalue weighted by Gasteiger charge is -2.40. The van der Waals surface area contributed by atoms with E-state index in [1.54, 1.807) is 0 Å². The minimum Gasteiger partial charge on any atom is -0.508 e. The minimum absolute atomic E-state index is 0.227. The van der Waals surface area contributed by atoms with Gasteiger partial charge in [-0.05, 0) is 67.2 Å². The van der Waals surface area contributed by atoms with Crippen LogP contribution in [-0.2, 0) is 22.3 Å². The summed E-state index contributed by atoms with van der Waals surface area (Å²) in [6, 6.07) is 5.89. The van der Waals surface area contributed by atoms with Crippen molar-refractivity contribution in [3.8, 4) is 5.75 Å². The molecule has 1 atom stereocenters. The highest BCUT2D eigenvalue weighted by Gasteiger charge is 2.42. The molecule has 0 bridgehead atoms. The Hall–Kier alpha value is -1.06. The number of rotatable bonds is 1. The van der Waals surface area contributed by atoms with Gasteiger partial charge in [0, 0.05) is 12.8 Å². The van der Waals surface area contributed by atoms with Gasteiger partial charge in [-0.2, -0.15) is 0 Å². The van der Waals surface area contributed by atoms with Gasteiger partial charge < -0.3 is 14.6 Å². The topological polar surface area (TPSA) is 38.7 Å².